The Morgan fingerprint density at radius 3 is 2.29 bits per heavy atom. The summed E-state index contributed by atoms with van der Waals surface area (Å²) < 4.78 is 26.2. The van der Waals surface area contributed by atoms with Crippen molar-refractivity contribution in [1.82, 2.24) is 0 Å². The van der Waals surface area contributed by atoms with Crippen molar-refractivity contribution in [1.29, 1.82) is 0 Å². The number of hydrogen-bond donors (Lipinski definition) is 0. The quantitative estimate of drug-likeness (QED) is 0.729. The predicted molar refractivity (Wildman–Crippen MR) is 49.9 cm³/mol. The number of ketones is 1. The molecule has 0 heterocycles. The second kappa shape index (κ2) is 4.31. The zero-order chi connectivity index (χ0) is 10.7. The van der Waals surface area contributed by atoms with Crippen LogP contribution in [0.2, 0.25) is 0 Å². The normalized spacial score (nSPS) is 12.6. The Kier molecular flexibility index (Phi) is 3.33. The van der Waals surface area contributed by atoms with E-state index in [9.17, 15) is 13.6 Å². The molecule has 0 saturated heterocycles. The molecule has 1 rings (SSSR count). The van der Waals surface area contributed by atoms with Crippen LogP contribution in [0.3, 0.4) is 0 Å². The molecule has 0 radical (unpaired) electrons. The van der Waals surface area contributed by atoms with Crippen molar-refractivity contribution in [3.05, 3.63) is 35.4 Å². The van der Waals surface area contributed by atoms with Crippen molar-refractivity contribution in [2.45, 2.75) is 20.3 Å². The number of hydrogen-bond acceptors (Lipinski definition) is 1. The number of rotatable bonds is 3. The number of carbonyl (C=O) groups excluding carboxylic acids is 1. The largest absolute Gasteiger partial charge is 0.300 e. The van der Waals surface area contributed by atoms with Gasteiger partial charge in [0.25, 0.3) is 0 Å². The Bertz CT molecular complexity index is 327. The summed E-state index contributed by atoms with van der Waals surface area (Å²) in [5.74, 6) is -1.58. The summed E-state index contributed by atoms with van der Waals surface area (Å²) in [4.78, 5) is 10.9. The Hall–Kier alpha value is -1.25. The van der Waals surface area contributed by atoms with Gasteiger partial charge in [-0.15, -0.1) is 0 Å². The van der Waals surface area contributed by atoms with Crippen LogP contribution >= 0.6 is 0 Å². The fraction of sp³-hybridized carbons (Fsp3) is 0.364. The summed E-state index contributed by atoms with van der Waals surface area (Å²) in [6.07, 6.45) is 0.119. The van der Waals surface area contributed by atoms with Gasteiger partial charge in [-0.2, -0.15) is 0 Å². The maximum atomic E-state index is 13.1. The van der Waals surface area contributed by atoms with Gasteiger partial charge >= 0.3 is 0 Å². The molecule has 1 nitrogen and oxygen atoms in total. The van der Waals surface area contributed by atoms with Gasteiger partial charge in [0.15, 0.2) is 0 Å². The van der Waals surface area contributed by atoms with Crippen LogP contribution in [0.4, 0.5) is 8.78 Å². The molecule has 0 amide bonds. The fourth-order valence-corrected chi connectivity index (χ4v) is 1.18. The second-order valence-electron chi connectivity index (χ2n) is 3.42. The summed E-state index contributed by atoms with van der Waals surface area (Å²) in [6, 6.07) is 3.71. The molecule has 0 bridgehead atoms. The lowest BCUT2D eigenvalue weighted by molar-refractivity contribution is -0.120. The lowest BCUT2D eigenvalue weighted by Gasteiger charge is -2.08. The van der Waals surface area contributed by atoms with Crippen molar-refractivity contribution in [2.24, 2.45) is 5.92 Å². The van der Waals surface area contributed by atoms with E-state index in [0.29, 0.717) is 0 Å². The lowest BCUT2D eigenvalue weighted by atomic mass is 9.97. The van der Waals surface area contributed by atoms with Crippen LogP contribution in [-0.2, 0) is 11.2 Å². The van der Waals surface area contributed by atoms with Crippen LogP contribution in [0.5, 0.6) is 0 Å². The molecule has 0 saturated carbocycles. The molecule has 1 aromatic rings. The Morgan fingerprint density at radius 2 is 1.86 bits per heavy atom. The second-order valence-corrected chi connectivity index (χ2v) is 3.42. The van der Waals surface area contributed by atoms with E-state index in [1.165, 1.54) is 25.1 Å². The van der Waals surface area contributed by atoms with Crippen LogP contribution < -0.4 is 0 Å². The van der Waals surface area contributed by atoms with Crippen LogP contribution in [0.15, 0.2) is 18.2 Å². The molecular weight excluding hydrogens is 186 g/mol. The molecule has 1 unspecified atom stereocenters. The lowest BCUT2D eigenvalue weighted by Crippen LogP contribution is -2.11. The summed E-state index contributed by atoms with van der Waals surface area (Å²) in [5.41, 5.74) is -0.00444. The first kappa shape index (κ1) is 10.8. The van der Waals surface area contributed by atoms with Crippen LogP contribution in [0.25, 0.3) is 0 Å². The van der Waals surface area contributed by atoms with Gasteiger partial charge in [0.1, 0.15) is 17.4 Å². The third-order valence-corrected chi connectivity index (χ3v) is 2.27. The van der Waals surface area contributed by atoms with Crippen molar-refractivity contribution < 1.29 is 13.6 Å². The third kappa shape index (κ3) is 2.37. The van der Waals surface area contributed by atoms with Gasteiger partial charge in [0, 0.05) is 11.5 Å². The minimum absolute atomic E-state index is 0.00444. The first-order valence-electron chi connectivity index (χ1n) is 4.45. The number of carbonyl (C=O) groups is 1. The van der Waals surface area contributed by atoms with Crippen LogP contribution in [-0.4, -0.2) is 5.78 Å². The van der Waals surface area contributed by atoms with Gasteiger partial charge in [0.05, 0.1) is 0 Å². The van der Waals surface area contributed by atoms with Gasteiger partial charge in [-0.1, -0.05) is 13.0 Å². The molecule has 1 atom stereocenters. The van der Waals surface area contributed by atoms with E-state index in [1.54, 1.807) is 6.92 Å². The molecular formula is C11H12F2O. The first-order valence-corrected chi connectivity index (χ1v) is 4.45. The Balaban J connectivity index is 2.91. The molecule has 0 N–H and O–H groups in total. The molecule has 0 spiro atoms. The van der Waals surface area contributed by atoms with Gasteiger partial charge < -0.3 is 0 Å². The standard InChI is InChI=1S/C11H12F2O/c1-7(8(2)14)6-9-10(12)4-3-5-11(9)13/h3-5,7H,6H2,1-2H3. The molecule has 14 heavy (non-hydrogen) atoms. The van der Waals surface area contributed by atoms with E-state index < -0.39 is 11.6 Å². The molecule has 0 aromatic heterocycles. The van der Waals surface area contributed by atoms with E-state index in [4.69, 9.17) is 0 Å². The highest BCUT2D eigenvalue weighted by Crippen LogP contribution is 2.16. The van der Waals surface area contributed by atoms with Crippen LogP contribution in [0, 0.1) is 17.6 Å². The van der Waals surface area contributed by atoms with Gasteiger partial charge in [-0.25, -0.2) is 8.78 Å². The first-order chi connectivity index (χ1) is 6.52. The smallest absolute Gasteiger partial charge is 0.132 e. The monoisotopic (exact) mass is 198 g/mol. The molecule has 76 valence electrons. The Labute approximate surface area is 81.7 Å². The SMILES string of the molecule is CC(=O)C(C)Cc1c(F)cccc1F. The predicted octanol–water partition coefficient (Wildman–Crippen LogP) is 2.73. The van der Waals surface area contributed by atoms with Crippen molar-refractivity contribution in [2.75, 3.05) is 0 Å². The average Bonchev–Trinajstić information content (AvgIpc) is 2.11. The highest BCUT2D eigenvalue weighted by Gasteiger charge is 2.14. The molecule has 0 fully saturated rings. The zero-order valence-electron chi connectivity index (χ0n) is 8.18. The van der Waals surface area contributed by atoms with Crippen LogP contribution in [0.1, 0.15) is 19.4 Å². The summed E-state index contributed by atoms with van der Waals surface area (Å²) in [5, 5.41) is 0. The number of halogens is 2. The number of benzene rings is 1. The molecule has 0 aliphatic rings. The average molecular weight is 198 g/mol. The van der Waals surface area contributed by atoms with Gasteiger partial charge in [-0.3, -0.25) is 4.79 Å². The summed E-state index contributed by atoms with van der Waals surface area (Å²) in [7, 11) is 0. The molecule has 0 aliphatic carbocycles. The van der Waals surface area contributed by atoms with E-state index in [0.717, 1.165) is 0 Å². The van der Waals surface area contributed by atoms with Crippen molar-refractivity contribution >= 4 is 5.78 Å². The van der Waals surface area contributed by atoms with E-state index >= 15 is 0 Å². The molecule has 1 aromatic carbocycles. The minimum Gasteiger partial charge on any atom is -0.300 e. The van der Waals surface area contributed by atoms with E-state index in [2.05, 4.69) is 0 Å². The Morgan fingerprint density at radius 1 is 1.36 bits per heavy atom. The molecule has 0 aliphatic heterocycles. The van der Waals surface area contributed by atoms with Gasteiger partial charge in [-0.05, 0) is 25.5 Å². The van der Waals surface area contributed by atoms with Gasteiger partial charge in [0.2, 0.25) is 0 Å². The third-order valence-electron chi connectivity index (χ3n) is 2.27. The highest BCUT2D eigenvalue weighted by molar-refractivity contribution is 5.78. The molecule has 3 heteroatoms. The topological polar surface area (TPSA) is 17.1 Å². The zero-order valence-corrected chi connectivity index (χ0v) is 8.18. The van der Waals surface area contributed by atoms with Crippen molar-refractivity contribution in [3.8, 4) is 0 Å². The fourth-order valence-electron chi connectivity index (χ4n) is 1.18. The maximum absolute atomic E-state index is 13.1. The maximum Gasteiger partial charge on any atom is 0.132 e. The minimum atomic E-state index is -0.585. The summed E-state index contributed by atoms with van der Waals surface area (Å²) in [6.45, 7) is 3.08. The highest BCUT2D eigenvalue weighted by atomic mass is 19.1. The number of Topliss-reactive ketones (excluding diaryl/α,β-unsaturated/α-hetero) is 1. The van der Waals surface area contributed by atoms with Crippen molar-refractivity contribution in [3.63, 3.8) is 0 Å². The van der Waals surface area contributed by atoms with E-state index in [-0.39, 0.29) is 23.7 Å². The summed E-state index contributed by atoms with van der Waals surface area (Å²) >= 11 is 0. The van der Waals surface area contributed by atoms with E-state index in [1.807, 2.05) is 0 Å².